The van der Waals surface area contributed by atoms with Gasteiger partial charge in [-0.25, -0.2) is 4.98 Å². The predicted molar refractivity (Wildman–Crippen MR) is 107 cm³/mol. The second-order valence-corrected chi connectivity index (χ2v) is 6.96. The zero-order valence-electron chi connectivity index (χ0n) is 16.0. The van der Waals surface area contributed by atoms with E-state index in [-0.39, 0.29) is 11.6 Å². The highest BCUT2D eigenvalue weighted by Crippen LogP contribution is 2.27. The summed E-state index contributed by atoms with van der Waals surface area (Å²) >= 11 is 0. The largest absolute Gasteiger partial charge is 0.493 e. The van der Waals surface area contributed by atoms with E-state index in [1.807, 2.05) is 30.3 Å². The lowest BCUT2D eigenvalue weighted by Crippen LogP contribution is -2.00. The number of hydrogen-bond acceptors (Lipinski definition) is 3. The summed E-state index contributed by atoms with van der Waals surface area (Å²) < 4.78 is 1.77. The Morgan fingerprint density at radius 1 is 0.923 bits per heavy atom. The van der Waals surface area contributed by atoms with Crippen molar-refractivity contribution in [3.8, 4) is 17.3 Å². The first-order valence-corrected chi connectivity index (χ1v) is 10.1. The summed E-state index contributed by atoms with van der Waals surface area (Å²) in [5.41, 5.74) is 1.04. The zero-order valence-corrected chi connectivity index (χ0v) is 16.0. The molecule has 0 radical (unpaired) electrons. The number of carbonyl (C=O) groups excluding carboxylic acids is 1. The van der Waals surface area contributed by atoms with E-state index in [1.165, 1.54) is 51.4 Å². The Morgan fingerprint density at radius 3 is 2.08 bits per heavy atom. The van der Waals surface area contributed by atoms with Crippen molar-refractivity contribution in [2.45, 2.75) is 77.7 Å². The van der Waals surface area contributed by atoms with Gasteiger partial charge in [-0.05, 0) is 6.42 Å². The molecular weight excluding hydrogens is 324 g/mol. The van der Waals surface area contributed by atoms with Crippen LogP contribution in [0.5, 0.6) is 5.88 Å². The van der Waals surface area contributed by atoms with E-state index in [2.05, 4.69) is 11.9 Å². The number of nitrogens with zero attached hydrogens (tertiary/aromatic N) is 2. The highest BCUT2D eigenvalue weighted by atomic mass is 16.3. The SMILES string of the molecule is CCCCCCCCCCCCn1c(-c2ccccc2)nc(C=O)c1O. The highest BCUT2D eigenvalue weighted by Gasteiger charge is 2.16. The van der Waals surface area contributed by atoms with Crippen LogP contribution in [-0.4, -0.2) is 20.9 Å². The van der Waals surface area contributed by atoms with Gasteiger partial charge in [0, 0.05) is 12.1 Å². The fourth-order valence-electron chi connectivity index (χ4n) is 3.32. The van der Waals surface area contributed by atoms with Crippen molar-refractivity contribution in [2.24, 2.45) is 0 Å². The van der Waals surface area contributed by atoms with E-state index in [4.69, 9.17) is 0 Å². The number of aromatic nitrogens is 2. The lowest BCUT2D eigenvalue weighted by molar-refractivity contribution is 0.111. The molecule has 2 aromatic rings. The third kappa shape index (κ3) is 6.01. The number of carbonyl (C=O) groups is 1. The summed E-state index contributed by atoms with van der Waals surface area (Å²) in [6, 6.07) is 9.72. The van der Waals surface area contributed by atoms with Crippen LogP contribution >= 0.6 is 0 Å². The van der Waals surface area contributed by atoms with E-state index in [9.17, 15) is 9.90 Å². The lowest BCUT2D eigenvalue weighted by atomic mass is 10.1. The fraction of sp³-hybridized carbons (Fsp3) is 0.545. The smallest absolute Gasteiger partial charge is 0.222 e. The number of aromatic hydroxyl groups is 1. The van der Waals surface area contributed by atoms with Gasteiger partial charge in [-0.15, -0.1) is 0 Å². The molecule has 4 nitrogen and oxygen atoms in total. The molecule has 26 heavy (non-hydrogen) atoms. The van der Waals surface area contributed by atoms with Crippen molar-refractivity contribution in [1.82, 2.24) is 9.55 Å². The molecule has 0 aliphatic heterocycles. The first-order chi connectivity index (χ1) is 12.8. The maximum absolute atomic E-state index is 11.1. The Balaban J connectivity index is 1.79. The third-order valence-electron chi connectivity index (χ3n) is 4.85. The Kier molecular flexibility index (Phi) is 8.94. The molecule has 0 aliphatic rings. The van der Waals surface area contributed by atoms with Gasteiger partial charge in [0.05, 0.1) is 0 Å². The third-order valence-corrected chi connectivity index (χ3v) is 4.85. The molecule has 0 aliphatic carbocycles. The number of hydrogen-bond donors (Lipinski definition) is 1. The average molecular weight is 357 g/mol. The van der Waals surface area contributed by atoms with Crippen LogP contribution in [0.4, 0.5) is 0 Å². The summed E-state index contributed by atoms with van der Waals surface area (Å²) in [6.07, 6.45) is 13.3. The van der Waals surface area contributed by atoms with Crippen molar-refractivity contribution < 1.29 is 9.90 Å². The van der Waals surface area contributed by atoms with Crippen LogP contribution in [0.25, 0.3) is 11.4 Å². The molecule has 2 rings (SSSR count). The van der Waals surface area contributed by atoms with E-state index < -0.39 is 0 Å². The molecule has 0 unspecified atom stereocenters. The van der Waals surface area contributed by atoms with Gasteiger partial charge in [-0.1, -0.05) is 95.0 Å². The van der Waals surface area contributed by atoms with Gasteiger partial charge < -0.3 is 5.11 Å². The zero-order chi connectivity index (χ0) is 18.6. The van der Waals surface area contributed by atoms with Crippen LogP contribution in [0.1, 0.15) is 81.6 Å². The maximum Gasteiger partial charge on any atom is 0.222 e. The molecule has 0 bridgehead atoms. The number of unbranched alkanes of at least 4 members (excludes halogenated alkanes) is 9. The van der Waals surface area contributed by atoms with E-state index in [0.717, 1.165) is 18.4 Å². The van der Waals surface area contributed by atoms with Gasteiger partial charge >= 0.3 is 0 Å². The molecule has 4 heteroatoms. The number of imidazole rings is 1. The quantitative estimate of drug-likeness (QED) is 0.354. The molecule has 1 N–H and O–H groups in total. The minimum absolute atomic E-state index is 0.0187. The summed E-state index contributed by atoms with van der Waals surface area (Å²) in [5, 5.41) is 10.3. The van der Waals surface area contributed by atoms with Crippen LogP contribution in [-0.2, 0) is 6.54 Å². The topological polar surface area (TPSA) is 55.1 Å². The van der Waals surface area contributed by atoms with Gasteiger partial charge in [0.15, 0.2) is 12.0 Å². The first-order valence-electron chi connectivity index (χ1n) is 10.1. The molecule has 1 aromatic carbocycles. The van der Waals surface area contributed by atoms with E-state index >= 15 is 0 Å². The monoisotopic (exact) mass is 356 g/mol. The van der Waals surface area contributed by atoms with Gasteiger partial charge in [0.25, 0.3) is 0 Å². The molecular formula is C22H32N2O2. The highest BCUT2D eigenvalue weighted by molar-refractivity contribution is 5.77. The minimum Gasteiger partial charge on any atom is -0.493 e. The molecule has 1 aromatic heterocycles. The number of rotatable bonds is 13. The van der Waals surface area contributed by atoms with Crippen molar-refractivity contribution in [2.75, 3.05) is 0 Å². The Labute approximate surface area is 157 Å². The first kappa shape index (κ1) is 20.2. The van der Waals surface area contributed by atoms with Gasteiger partial charge in [-0.2, -0.15) is 0 Å². The van der Waals surface area contributed by atoms with Crippen molar-refractivity contribution in [1.29, 1.82) is 0 Å². The number of aldehydes is 1. The van der Waals surface area contributed by atoms with E-state index in [0.29, 0.717) is 18.7 Å². The van der Waals surface area contributed by atoms with Gasteiger partial charge in [0.2, 0.25) is 5.88 Å². The molecule has 0 fully saturated rings. The summed E-state index contributed by atoms with van der Waals surface area (Å²) in [6.45, 7) is 2.94. The summed E-state index contributed by atoms with van der Waals surface area (Å²) in [7, 11) is 0. The van der Waals surface area contributed by atoms with Crippen LogP contribution in [0.3, 0.4) is 0 Å². The van der Waals surface area contributed by atoms with Crippen molar-refractivity contribution in [3.05, 3.63) is 36.0 Å². The van der Waals surface area contributed by atoms with Gasteiger partial charge in [0.1, 0.15) is 5.82 Å². The van der Waals surface area contributed by atoms with Crippen LogP contribution in [0, 0.1) is 0 Å². The molecule has 0 atom stereocenters. The Hall–Kier alpha value is -2.10. The van der Waals surface area contributed by atoms with Gasteiger partial charge in [-0.3, -0.25) is 9.36 Å². The van der Waals surface area contributed by atoms with E-state index in [1.54, 1.807) is 4.57 Å². The molecule has 0 saturated carbocycles. The summed E-state index contributed by atoms with van der Waals surface area (Å²) in [5.74, 6) is 0.649. The average Bonchev–Trinajstić information content (AvgIpc) is 3.00. The van der Waals surface area contributed by atoms with Crippen LogP contribution in [0.2, 0.25) is 0 Å². The normalized spacial score (nSPS) is 11.0. The Morgan fingerprint density at radius 2 is 1.50 bits per heavy atom. The maximum atomic E-state index is 11.1. The minimum atomic E-state index is -0.0187. The lowest BCUT2D eigenvalue weighted by Gasteiger charge is -2.09. The molecule has 0 spiro atoms. The Bertz CT molecular complexity index is 650. The second kappa shape index (κ2) is 11.5. The molecule has 1 heterocycles. The molecule has 142 valence electrons. The standard InChI is InChI=1S/C22H32N2O2/c1-2-3-4-5-6-7-8-9-10-14-17-24-21(19-15-12-11-13-16-19)23-20(18-25)22(24)26/h11-13,15-16,18,26H,2-10,14,17H2,1H3. The molecule has 0 amide bonds. The van der Waals surface area contributed by atoms with Crippen molar-refractivity contribution in [3.63, 3.8) is 0 Å². The van der Waals surface area contributed by atoms with Crippen molar-refractivity contribution >= 4 is 6.29 Å². The number of benzene rings is 1. The van der Waals surface area contributed by atoms with Crippen LogP contribution in [0.15, 0.2) is 30.3 Å². The second-order valence-electron chi connectivity index (χ2n) is 6.96. The van der Waals surface area contributed by atoms with Crippen LogP contribution < -0.4 is 0 Å². The summed E-state index contributed by atoms with van der Waals surface area (Å²) in [4.78, 5) is 15.4. The fourth-order valence-corrected chi connectivity index (χ4v) is 3.32. The molecule has 0 saturated heterocycles. The predicted octanol–water partition coefficient (Wildman–Crippen LogP) is 5.99.